The Morgan fingerprint density at radius 3 is 3.35 bits per heavy atom. The van der Waals surface area contributed by atoms with Crippen molar-refractivity contribution < 1.29 is 14.6 Å². The van der Waals surface area contributed by atoms with Crippen LogP contribution in [-0.4, -0.2) is 59.3 Å². The van der Waals surface area contributed by atoms with E-state index in [0.29, 0.717) is 12.6 Å². The number of carboxylic acid groups (broad SMARTS) is 1. The minimum atomic E-state index is -1.01. The fourth-order valence-corrected chi connectivity index (χ4v) is 2.90. The molecule has 0 bridgehead atoms. The van der Waals surface area contributed by atoms with E-state index >= 15 is 0 Å². The summed E-state index contributed by atoms with van der Waals surface area (Å²) < 4.78 is 5.86. The van der Waals surface area contributed by atoms with E-state index in [1.807, 2.05) is 0 Å². The monoisotopic (exact) mass is 277 g/mol. The van der Waals surface area contributed by atoms with E-state index in [1.165, 1.54) is 25.6 Å². The lowest BCUT2D eigenvalue weighted by atomic mass is 10.2. The molecule has 20 heavy (non-hydrogen) atoms. The van der Waals surface area contributed by atoms with Gasteiger partial charge in [-0.15, -0.1) is 0 Å². The van der Waals surface area contributed by atoms with Crippen molar-refractivity contribution in [3.8, 4) is 0 Å². The quantitative estimate of drug-likeness (QED) is 0.857. The van der Waals surface area contributed by atoms with Crippen LogP contribution in [0.1, 0.15) is 23.3 Å². The van der Waals surface area contributed by atoms with Gasteiger partial charge in [0.25, 0.3) is 0 Å². The number of morpholine rings is 1. The molecule has 2 aliphatic rings. The number of aromatic carboxylic acids is 1. The predicted octanol–water partition coefficient (Wildman–Crippen LogP) is 1.05. The normalized spacial score (nSPS) is 26.2. The highest BCUT2D eigenvalue weighted by atomic mass is 16.5. The second-order valence-electron chi connectivity index (χ2n) is 5.36. The van der Waals surface area contributed by atoms with Crippen molar-refractivity contribution in [1.29, 1.82) is 0 Å². The molecule has 2 aliphatic heterocycles. The Labute approximate surface area is 117 Å². The van der Waals surface area contributed by atoms with Crippen LogP contribution in [0.3, 0.4) is 0 Å². The molecule has 3 heterocycles. The third-order valence-corrected chi connectivity index (χ3v) is 3.97. The van der Waals surface area contributed by atoms with Gasteiger partial charge in [0.1, 0.15) is 5.69 Å². The van der Waals surface area contributed by atoms with Gasteiger partial charge >= 0.3 is 5.97 Å². The molecule has 0 amide bonds. The number of nitrogens with one attached hydrogen (secondary N) is 1. The van der Waals surface area contributed by atoms with Gasteiger partial charge in [0.2, 0.25) is 0 Å². The van der Waals surface area contributed by atoms with Crippen molar-refractivity contribution in [2.24, 2.45) is 0 Å². The summed E-state index contributed by atoms with van der Waals surface area (Å²) in [7, 11) is 0. The van der Waals surface area contributed by atoms with Gasteiger partial charge in [0.15, 0.2) is 0 Å². The summed E-state index contributed by atoms with van der Waals surface area (Å²) in [6.07, 6.45) is 4.17. The summed E-state index contributed by atoms with van der Waals surface area (Å²) in [5, 5.41) is 12.1. The van der Waals surface area contributed by atoms with Crippen LogP contribution in [0.15, 0.2) is 18.3 Å². The Hall–Kier alpha value is -1.66. The second kappa shape index (κ2) is 5.76. The summed E-state index contributed by atoms with van der Waals surface area (Å²) >= 11 is 0. The minimum Gasteiger partial charge on any atom is -0.477 e. The Balaban J connectivity index is 1.54. The highest BCUT2D eigenvalue weighted by molar-refractivity contribution is 5.86. The number of nitrogens with zero attached hydrogens (tertiary/aromatic N) is 2. The standard InChI is InChI=1S/C14H19N3O3/c18-14(19)13-6-10(3-4-15-13)16-7-12-8-17-5-1-2-11(17)9-20-12/h3-4,6,11-12H,1-2,5,7-9H2,(H,15,16)(H,18,19). The molecule has 6 heteroatoms. The highest BCUT2D eigenvalue weighted by Gasteiger charge is 2.31. The summed E-state index contributed by atoms with van der Waals surface area (Å²) in [4.78, 5) is 17.2. The molecule has 2 unspecified atom stereocenters. The molecule has 0 saturated carbocycles. The summed E-state index contributed by atoms with van der Waals surface area (Å²) in [5.74, 6) is -1.01. The fourth-order valence-electron chi connectivity index (χ4n) is 2.90. The van der Waals surface area contributed by atoms with Gasteiger partial charge in [-0.3, -0.25) is 4.90 Å². The van der Waals surface area contributed by atoms with Crippen molar-refractivity contribution in [2.75, 3.05) is 31.6 Å². The topological polar surface area (TPSA) is 74.7 Å². The molecule has 2 N–H and O–H groups in total. The van der Waals surface area contributed by atoms with Gasteiger partial charge in [0.05, 0.1) is 12.7 Å². The SMILES string of the molecule is O=C(O)c1cc(NCC2CN3CCCC3CO2)ccn1. The average Bonchev–Trinajstić information content (AvgIpc) is 2.93. The van der Waals surface area contributed by atoms with Crippen LogP contribution in [0.2, 0.25) is 0 Å². The first-order chi connectivity index (χ1) is 9.72. The first kappa shape index (κ1) is 13.3. The number of carboxylic acids is 1. The fraction of sp³-hybridized carbons (Fsp3) is 0.571. The average molecular weight is 277 g/mol. The molecule has 108 valence electrons. The first-order valence-electron chi connectivity index (χ1n) is 7.01. The molecule has 1 aromatic heterocycles. The molecular weight excluding hydrogens is 258 g/mol. The number of anilines is 1. The number of ether oxygens (including phenoxy) is 1. The summed E-state index contributed by atoms with van der Waals surface area (Å²) in [5.41, 5.74) is 0.823. The molecule has 2 fully saturated rings. The molecule has 6 nitrogen and oxygen atoms in total. The Morgan fingerprint density at radius 1 is 1.60 bits per heavy atom. The van der Waals surface area contributed by atoms with Crippen LogP contribution >= 0.6 is 0 Å². The van der Waals surface area contributed by atoms with Crippen LogP contribution in [-0.2, 0) is 4.74 Å². The predicted molar refractivity (Wildman–Crippen MR) is 74.0 cm³/mol. The van der Waals surface area contributed by atoms with E-state index in [0.717, 1.165) is 18.8 Å². The van der Waals surface area contributed by atoms with E-state index in [4.69, 9.17) is 9.84 Å². The number of carbonyl (C=O) groups is 1. The maximum atomic E-state index is 10.9. The maximum Gasteiger partial charge on any atom is 0.354 e. The first-order valence-corrected chi connectivity index (χ1v) is 7.01. The minimum absolute atomic E-state index is 0.0548. The van der Waals surface area contributed by atoms with Crippen molar-refractivity contribution in [3.63, 3.8) is 0 Å². The van der Waals surface area contributed by atoms with Crippen LogP contribution in [0.4, 0.5) is 5.69 Å². The highest BCUT2D eigenvalue weighted by Crippen LogP contribution is 2.22. The molecule has 0 radical (unpaired) electrons. The molecule has 0 aromatic carbocycles. The van der Waals surface area contributed by atoms with Crippen LogP contribution in [0.5, 0.6) is 0 Å². The van der Waals surface area contributed by atoms with Gasteiger partial charge < -0.3 is 15.2 Å². The van der Waals surface area contributed by atoms with E-state index in [-0.39, 0.29) is 11.8 Å². The van der Waals surface area contributed by atoms with Gasteiger partial charge in [-0.25, -0.2) is 9.78 Å². The molecule has 2 saturated heterocycles. The lowest BCUT2D eigenvalue weighted by molar-refractivity contribution is -0.0415. The Morgan fingerprint density at radius 2 is 2.50 bits per heavy atom. The lowest BCUT2D eigenvalue weighted by Gasteiger charge is -2.35. The zero-order chi connectivity index (χ0) is 13.9. The number of pyridine rings is 1. The number of aromatic nitrogens is 1. The van der Waals surface area contributed by atoms with E-state index < -0.39 is 5.97 Å². The van der Waals surface area contributed by atoms with Gasteiger partial charge in [-0.2, -0.15) is 0 Å². The van der Waals surface area contributed by atoms with Gasteiger partial charge in [0, 0.05) is 31.0 Å². The van der Waals surface area contributed by atoms with E-state index in [2.05, 4.69) is 15.2 Å². The van der Waals surface area contributed by atoms with Gasteiger partial charge in [-0.05, 0) is 31.5 Å². The van der Waals surface area contributed by atoms with Crippen LogP contribution in [0, 0.1) is 0 Å². The third kappa shape index (κ3) is 2.91. The van der Waals surface area contributed by atoms with Crippen molar-refractivity contribution in [3.05, 3.63) is 24.0 Å². The lowest BCUT2D eigenvalue weighted by Crippen LogP contribution is -2.48. The third-order valence-electron chi connectivity index (χ3n) is 3.97. The number of rotatable bonds is 4. The van der Waals surface area contributed by atoms with Gasteiger partial charge in [-0.1, -0.05) is 0 Å². The summed E-state index contributed by atoms with van der Waals surface area (Å²) in [6, 6.07) is 3.92. The second-order valence-corrected chi connectivity index (χ2v) is 5.36. The number of hydrogen-bond acceptors (Lipinski definition) is 5. The summed E-state index contributed by atoms with van der Waals surface area (Å²) in [6.45, 7) is 3.62. The molecule has 1 aromatic rings. The zero-order valence-electron chi connectivity index (χ0n) is 11.3. The van der Waals surface area contributed by atoms with Crippen molar-refractivity contribution >= 4 is 11.7 Å². The Kier molecular flexibility index (Phi) is 3.84. The zero-order valence-corrected chi connectivity index (χ0v) is 11.3. The largest absolute Gasteiger partial charge is 0.477 e. The van der Waals surface area contributed by atoms with E-state index in [9.17, 15) is 4.79 Å². The molecule has 0 aliphatic carbocycles. The molecule has 0 spiro atoms. The number of fused-ring (bicyclic) bond motifs is 1. The van der Waals surface area contributed by atoms with Crippen LogP contribution < -0.4 is 5.32 Å². The molecule has 3 rings (SSSR count). The molecule has 2 atom stereocenters. The maximum absolute atomic E-state index is 10.9. The Bertz CT molecular complexity index is 494. The van der Waals surface area contributed by atoms with Crippen LogP contribution in [0.25, 0.3) is 0 Å². The molecular formula is C14H19N3O3. The van der Waals surface area contributed by atoms with Crippen molar-refractivity contribution in [2.45, 2.75) is 25.0 Å². The van der Waals surface area contributed by atoms with Crippen molar-refractivity contribution in [1.82, 2.24) is 9.88 Å². The van der Waals surface area contributed by atoms with E-state index in [1.54, 1.807) is 12.1 Å². The number of hydrogen-bond donors (Lipinski definition) is 2. The smallest absolute Gasteiger partial charge is 0.354 e.